The van der Waals surface area contributed by atoms with Gasteiger partial charge in [-0.2, -0.15) is 5.10 Å². The van der Waals surface area contributed by atoms with Gasteiger partial charge in [0, 0.05) is 6.04 Å². The van der Waals surface area contributed by atoms with Gasteiger partial charge in [-0.25, -0.2) is 0 Å². The largest absolute Gasteiger partial charge is 0.394 e. The fraction of sp³-hybridized carbons (Fsp3) is 0.571. The minimum atomic E-state index is -0.131. The van der Waals surface area contributed by atoms with Crippen LogP contribution in [0.2, 0.25) is 0 Å². The summed E-state index contributed by atoms with van der Waals surface area (Å²) in [4.78, 5) is 0. The molecule has 0 aliphatic carbocycles. The predicted molar refractivity (Wildman–Crippen MR) is 47.4 cm³/mol. The van der Waals surface area contributed by atoms with Crippen LogP contribution in [0.25, 0.3) is 0 Å². The third-order valence-electron chi connectivity index (χ3n) is 1.72. The number of anilines is 2. The molecule has 1 heterocycles. The maximum absolute atomic E-state index is 8.97. The van der Waals surface area contributed by atoms with E-state index in [1.54, 1.807) is 4.68 Å². The summed E-state index contributed by atoms with van der Waals surface area (Å²) < 4.78 is 1.63. The van der Waals surface area contributed by atoms with E-state index in [1.165, 1.54) is 0 Å². The molecule has 1 rings (SSSR count). The molecule has 5 N–H and O–H groups in total. The fourth-order valence-corrected chi connectivity index (χ4v) is 1.09. The summed E-state index contributed by atoms with van der Waals surface area (Å²) in [5.41, 5.74) is 12.0. The Morgan fingerprint density at radius 1 is 1.50 bits per heavy atom. The Balaban J connectivity index is 3.20. The van der Waals surface area contributed by atoms with E-state index in [2.05, 4.69) is 5.10 Å². The van der Waals surface area contributed by atoms with Crippen LogP contribution in [-0.2, 0) is 6.61 Å². The summed E-state index contributed by atoms with van der Waals surface area (Å²) >= 11 is 0. The van der Waals surface area contributed by atoms with Gasteiger partial charge in [0.15, 0.2) is 5.82 Å². The number of nitrogen functional groups attached to an aromatic ring is 2. The monoisotopic (exact) mass is 170 g/mol. The van der Waals surface area contributed by atoms with Gasteiger partial charge >= 0.3 is 0 Å². The summed E-state index contributed by atoms with van der Waals surface area (Å²) in [6.45, 7) is 3.77. The van der Waals surface area contributed by atoms with E-state index in [0.29, 0.717) is 11.4 Å². The number of hydrogen-bond acceptors (Lipinski definition) is 4. The molecular formula is C7H14N4O. The van der Waals surface area contributed by atoms with Gasteiger partial charge in [-0.05, 0) is 13.8 Å². The normalized spacial score (nSPS) is 11.0. The van der Waals surface area contributed by atoms with Crippen molar-refractivity contribution in [2.24, 2.45) is 0 Å². The number of hydrogen-bond donors (Lipinski definition) is 3. The number of aliphatic hydroxyl groups excluding tert-OH is 1. The lowest BCUT2D eigenvalue weighted by Gasteiger charge is -2.08. The standard InChI is InChI=1S/C7H14N4O/c1-4(2)11-5(3-12)6(8)7(9)10-11/h4,12H,3,8H2,1-2H3,(H2,9,10). The second kappa shape index (κ2) is 3.02. The second-order valence-corrected chi connectivity index (χ2v) is 2.94. The summed E-state index contributed by atoms with van der Waals surface area (Å²) in [6, 6.07) is 0.159. The maximum Gasteiger partial charge on any atom is 0.169 e. The molecule has 0 saturated heterocycles. The highest BCUT2D eigenvalue weighted by Crippen LogP contribution is 2.21. The number of aromatic nitrogens is 2. The van der Waals surface area contributed by atoms with Crippen LogP contribution < -0.4 is 11.5 Å². The minimum absolute atomic E-state index is 0.131. The van der Waals surface area contributed by atoms with Crippen LogP contribution in [0.15, 0.2) is 0 Å². The summed E-state index contributed by atoms with van der Waals surface area (Å²) in [5.74, 6) is 0.285. The zero-order valence-corrected chi connectivity index (χ0v) is 7.28. The van der Waals surface area contributed by atoms with Crippen molar-refractivity contribution in [3.05, 3.63) is 5.69 Å². The second-order valence-electron chi connectivity index (χ2n) is 2.94. The lowest BCUT2D eigenvalue weighted by atomic mass is 10.3. The number of nitrogens with two attached hydrogens (primary N) is 2. The Bertz CT molecular complexity index is 279. The Kier molecular flexibility index (Phi) is 2.23. The molecule has 0 fully saturated rings. The molecule has 5 heteroatoms. The SMILES string of the molecule is CC(C)n1nc(N)c(N)c1CO. The van der Waals surface area contributed by atoms with E-state index in [-0.39, 0.29) is 18.5 Å². The van der Waals surface area contributed by atoms with Gasteiger partial charge in [0.25, 0.3) is 0 Å². The van der Waals surface area contributed by atoms with Crippen molar-refractivity contribution in [1.29, 1.82) is 0 Å². The van der Waals surface area contributed by atoms with Crippen molar-refractivity contribution in [2.45, 2.75) is 26.5 Å². The summed E-state index contributed by atoms with van der Waals surface area (Å²) in [7, 11) is 0. The molecule has 0 aliphatic rings. The highest BCUT2D eigenvalue weighted by molar-refractivity contribution is 5.61. The zero-order valence-electron chi connectivity index (χ0n) is 7.28. The lowest BCUT2D eigenvalue weighted by molar-refractivity contribution is 0.265. The highest BCUT2D eigenvalue weighted by Gasteiger charge is 2.13. The molecule has 0 radical (unpaired) electrons. The van der Waals surface area contributed by atoms with Gasteiger partial charge in [-0.15, -0.1) is 0 Å². The van der Waals surface area contributed by atoms with Gasteiger partial charge in [-0.1, -0.05) is 0 Å². The van der Waals surface area contributed by atoms with Crippen LogP contribution in [0.5, 0.6) is 0 Å². The fourth-order valence-electron chi connectivity index (χ4n) is 1.09. The first-order valence-electron chi connectivity index (χ1n) is 3.81. The molecule has 5 nitrogen and oxygen atoms in total. The van der Waals surface area contributed by atoms with Crippen molar-refractivity contribution in [3.63, 3.8) is 0 Å². The van der Waals surface area contributed by atoms with Crippen LogP contribution in [-0.4, -0.2) is 14.9 Å². The molecule has 0 bridgehead atoms. The first-order chi connectivity index (χ1) is 5.57. The molecule has 0 atom stereocenters. The van der Waals surface area contributed by atoms with Crippen LogP contribution >= 0.6 is 0 Å². The molecular weight excluding hydrogens is 156 g/mol. The molecule has 1 aromatic rings. The lowest BCUT2D eigenvalue weighted by Crippen LogP contribution is -2.08. The van der Waals surface area contributed by atoms with Crippen LogP contribution in [0.1, 0.15) is 25.6 Å². The van der Waals surface area contributed by atoms with E-state index in [9.17, 15) is 0 Å². The molecule has 0 aliphatic heterocycles. The van der Waals surface area contributed by atoms with Crippen molar-refractivity contribution in [2.75, 3.05) is 11.5 Å². The van der Waals surface area contributed by atoms with Gasteiger partial charge in [0.05, 0.1) is 18.0 Å². The minimum Gasteiger partial charge on any atom is -0.394 e. The van der Waals surface area contributed by atoms with Crippen molar-refractivity contribution in [3.8, 4) is 0 Å². The summed E-state index contributed by atoms with van der Waals surface area (Å²) in [6.07, 6.45) is 0. The molecule has 12 heavy (non-hydrogen) atoms. The van der Waals surface area contributed by atoms with Crippen LogP contribution in [0.3, 0.4) is 0 Å². The Hall–Kier alpha value is -1.23. The van der Waals surface area contributed by atoms with E-state index in [4.69, 9.17) is 16.6 Å². The van der Waals surface area contributed by atoms with E-state index in [0.717, 1.165) is 0 Å². The molecule has 0 unspecified atom stereocenters. The third-order valence-corrected chi connectivity index (χ3v) is 1.72. The molecule has 0 amide bonds. The van der Waals surface area contributed by atoms with E-state index >= 15 is 0 Å². The van der Waals surface area contributed by atoms with Crippen LogP contribution in [0.4, 0.5) is 11.5 Å². The molecule has 68 valence electrons. The maximum atomic E-state index is 8.97. The molecule has 0 spiro atoms. The van der Waals surface area contributed by atoms with Crippen molar-refractivity contribution < 1.29 is 5.11 Å². The first-order valence-corrected chi connectivity index (χ1v) is 3.81. The predicted octanol–water partition coefficient (Wildman–Crippen LogP) is 0.121. The van der Waals surface area contributed by atoms with Gasteiger partial charge in [0.2, 0.25) is 0 Å². The topological polar surface area (TPSA) is 90.1 Å². The molecule has 0 aromatic carbocycles. The highest BCUT2D eigenvalue weighted by atomic mass is 16.3. The Morgan fingerprint density at radius 2 is 2.08 bits per heavy atom. The molecule has 1 aromatic heterocycles. The van der Waals surface area contributed by atoms with Crippen molar-refractivity contribution >= 4 is 11.5 Å². The number of aliphatic hydroxyl groups is 1. The number of nitrogens with zero attached hydrogens (tertiary/aromatic N) is 2. The third kappa shape index (κ3) is 1.23. The first kappa shape index (κ1) is 8.86. The molecule has 0 saturated carbocycles. The van der Waals surface area contributed by atoms with Crippen molar-refractivity contribution in [1.82, 2.24) is 9.78 Å². The van der Waals surface area contributed by atoms with Gasteiger partial charge in [0.1, 0.15) is 0 Å². The zero-order chi connectivity index (χ0) is 9.30. The average Bonchev–Trinajstić information content (AvgIpc) is 2.29. The smallest absolute Gasteiger partial charge is 0.169 e. The summed E-state index contributed by atoms with van der Waals surface area (Å²) in [5, 5.41) is 13.0. The average molecular weight is 170 g/mol. The quantitative estimate of drug-likeness (QED) is 0.588. The van der Waals surface area contributed by atoms with E-state index in [1.807, 2.05) is 13.8 Å². The number of rotatable bonds is 2. The Labute approximate surface area is 71.0 Å². The van der Waals surface area contributed by atoms with Crippen LogP contribution in [0, 0.1) is 0 Å². The van der Waals surface area contributed by atoms with E-state index < -0.39 is 0 Å². The Morgan fingerprint density at radius 3 is 2.42 bits per heavy atom. The van der Waals surface area contributed by atoms with Gasteiger partial charge < -0.3 is 16.6 Å². The van der Waals surface area contributed by atoms with Gasteiger partial charge in [-0.3, -0.25) is 4.68 Å².